The summed E-state index contributed by atoms with van der Waals surface area (Å²) in [5.74, 6) is 2.59. The van der Waals surface area contributed by atoms with Gasteiger partial charge in [0.25, 0.3) is 0 Å². The van der Waals surface area contributed by atoms with Crippen molar-refractivity contribution < 1.29 is 4.79 Å². The normalized spacial score (nSPS) is 10.8. The van der Waals surface area contributed by atoms with Crippen LogP contribution in [0.25, 0.3) is 10.9 Å². The van der Waals surface area contributed by atoms with E-state index in [1.807, 2.05) is 91.5 Å². The van der Waals surface area contributed by atoms with Crippen LogP contribution in [0.1, 0.15) is 11.4 Å². The van der Waals surface area contributed by atoms with Crippen LogP contribution in [0.3, 0.4) is 0 Å². The third-order valence-corrected chi connectivity index (χ3v) is 5.53. The van der Waals surface area contributed by atoms with Crippen molar-refractivity contribution in [3.05, 3.63) is 96.6 Å². The average molecular weight is 464 g/mol. The molecular formula is C27H25N7O. The number of nitrogens with zero attached hydrogens (tertiary/aromatic N) is 4. The first kappa shape index (κ1) is 22.1. The molecule has 0 saturated carbocycles. The number of nitrogens with one attached hydrogen (secondary N) is 3. The lowest BCUT2D eigenvalue weighted by Crippen LogP contribution is -2.14. The van der Waals surface area contributed by atoms with E-state index in [4.69, 9.17) is 0 Å². The Balaban J connectivity index is 1.23. The molecule has 8 nitrogen and oxygen atoms in total. The van der Waals surface area contributed by atoms with Crippen molar-refractivity contribution in [2.24, 2.45) is 7.05 Å². The van der Waals surface area contributed by atoms with Crippen molar-refractivity contribution in [2.75, 3.05) is 16.0 Å². The van der Waals surface area contributed by atoms with Crippen LogP contribution in [-0.4, -0.2) is 25.4 Å². The predicted octanol–water partition coefficient (Wildman–Crippen LogP) is 5.34. The number of amides is 1. The highest BCUT2D eigenvalue weighted by Gasteiger charge is 2.11. The largest absolute Gasteiger partial charge is 0.350 e. The smallest absolute Gasteiger partial charge is 0.228 e. The summed E-state index contributed by atoms with van der Waals surface area (Å²) < 4.78 is 2.05. The van der Waals surface area contributed by atoms with E-state index in [1.165, 1.54) is 0 Å². The molecule has 5 aromatic rings. The Bertz CT molecular complexity index is 1480. The standard InChI is InChI=1S/C27H25N7O/c1-18-29-25(16-26(30-18)33-24-9-5-6-14-28-24)31-20-10-12-21(13-11-20)32-27(35)15-19-17-34(2)23-8-4-3-7-22(19)23/h3-14,16-17H,15H2,1-2H3,(H,32,35)(H2,28,29,30,31,33). The predicted molar refractivity (Wildman–Crippen MR) is 139 cm³/mol. The zero-order chi connectivity index (χ0) is 24.2. The number of pyridine rings is 1. The number of rotatable bonds is 7. The second-order valence-electron chi connectivity index (χ2n) is 8.24. The fraction of sp³-hybridized carbons (Fsp3) is 0.111. The molecule has 2 aromatic carbocycles. The van der Waals surface area contributed by atoms with Crippen molar-refractivity contribution in [1.82, 2.24) is 19.5 Å². The van der Waals surface area contributed by atoms with Gasteiger partial charge in [-0.2, -0.15) is 0 Å². The molecular weight excluding hydrogens is 438 g/mol. The van der Waals surface area contributed by atoms with Gasteiger partial charge in [0.05, 0.1) is 6.42 Å². The van der Waals surface area contributed by atoms with Crippen LogP contribution in [0.2, 0.25) is 0 Å². The van der Waals surface area contributed by atoms with Crippen molar-refractivity contribution in [3.63, 3.8) is 0 Å². The number of para-hydroxylation sites is 1. The lowest BCUT2D eigenvalue weighted by atomic mass is 10.1. The topological polar surface area (TPSA) is 96.8 Å². The Morgan fingerprint density at radius 1 is 0.857 bits per heavy atom. The van der Waals surface area contributed by atoms with Crippen LogP contribution in [0.4, 0.5) is 28.8 Å². The van der Waals surface area contributed by atoms with Gasteiger partial charge >= 0.3 is 0 Å². The van der Waals surface area contributed by atoms with Crippen molar-refractivity contribution in [1.29, 1.82) is 0 Å². The summed E-state index contributed by atoms with van der Waals surface area (Å²) in [5.41, 5.74) is 3.70. The zero-order valence-electron chi connectivity index (χ0n) is 19.5. The highest BCUT2D eigenvalue weighted by Crippen LogP contribution is 2.23. The molecule has 0 fully saturated rings. The minimum Gasteiger partial charge on any atom is -0.350 e. The molecule has 3 N–H and O–H groups in total. The summed E-state index contributed by atoms with van der Waals surface area (Å²) in [6, 6.07) is 23.1. The van der Waals surface area contributed by atoms with E-state index in [0.717, 1.165) is 27.8 Å². The van der Waals surface area contributed by atoms with Crippen molar-refractivity contribution >= 4 is 45.6 Å². The van der Waals surface area contributed by atoms with Gasteiger partial charge in [0.1, 0.15) is 23.3 Å². The number of aromatic nitrogens is 4. The number of benzene rings is 2. The molecule has 0 aliphatic heterocycles. The SMILES string of the molecule is Cc1nc(Nc2ccc(NC(=O)Cc3cn(C)c4ccccc34)cc2)cc(Nc2ccccn2)n1. The van der Waals surface area contributed by atoms with Gasteiger partial charge < -0.3 is 20.5 Å². The molecule has 5 rings (SSSR count). The number of aryl methyl sites for hydroxylation is 2. The fourth-order valence-electron chi connectivity index (χ4n) is 3.99. The number of hydrogen-bond acceptors (Lipinski definition) is 6. The van der Waals surface area contributed by atoms with E-state index < -0.39 is 0 Å². The molecule has 35 heavy (non-hydrogen) atoms. The van der Waals surface area contributed by atoms with Gasteiger partial charge in [-0.05, 0) is 55.0 Å². The summed E-state index contributed by atoms with van der Waals surface area (Å²) in [6.07, 6.45) is 4.05. The lowest BCUT2D eigenvalue weighted by molar-refractivity contribution is -0.115. The Hall–Kier alpha value is -4.72. The molecule has 0 saturated heterocycles. The second kappa shape index (κ2) is 9.64. The summed E-state index contributed by atoms with van der Waals surface area (Å²) in [5, 5.41) is 10.6. The van der Waals surface area contributed by atoms with Gasteiger partial charge in [0.15, 0.2) is 0 Å². The average Bonchev–Trinajstić information content (AvgIpc) is 3.16. The summed E-state index contributed by atoms with van der Waals surface area (Å²) >= 11 is 0. The zero-order valence-corrected chi connectivity index (χ0v) is 19.5. The quantitative estimate of drug-likeness (QED) is 0.301. The van der Waals surface area contributed by atoms with Crippen LogP contribution in [-0.2, 0) is 18.3 Å². The van der Waals surface area contributed by atoms with Crippen molar-refractivity contribution in [3.8, 4) is 0 Å². The van der Waals surface area contributed by atoms with Gasteiger partial charge in [-0.25, -0.2) is 15.0 Å². The highest BCUT2D eigenvalue weighted by molar-refractivity contribution is 5.96. The first-order valence-electron chi connectivity index (χ1n) is 11.3. The molecule has 0 radical (unpaired) electrons. The highest BCUT2D eigenvalue weighted by atomic mass is 16.1. The van der Waals surface area contributed by atoms with E-state index in [-0.39, 0.29) is 5.91 Å². The number of carbonyl (C=O) groups excluding carboxylic acids is 1. The maximum absolute atomic E-state index is 12.7. The van der Waals surface area contributed by atoms with Crippen LogP contribution >= 0.6 is 0 Å². The molecule has 174 valence electrons. The molecule has 0 spiro atoms. The third kappa shape index (κ3) is 5.27. The Kier molecular flexibility index (Phi) is 6.09. The van der Waals surface area contributed by atoms with Crippen molar-refractivity contribution in [2.45, 2.75) is 13.3 Å². The monoisotopic (exact) mass is 463 g/mol. The van der Waals surface area contributed by atoms with Crippen LogP contribution < -0.4 is 16.0 Å². The molecule has 3 heterocycles. The number of anilines is 5. The van der Waals surface area contributed by atoms with E-state index in [0.29, 0.717) is 29.7 Å². The number of fused-ring (bicyclic) bond motifs is 1. The molecule has 0 unspecified atom stereocenters. The van der Waals surface area contributed by atoms with Crippen LogP contribution in [0.5, 0.6) is 0 Å². The minimum absolute atomic E-state index is 0.0567. The maximum Gasteiger partial charge on any atom is 0.228 e. The van der Waals surface area contributed by atoms with E-state index in [2.05, 4.69) is 37.0 Å². The fourth-order valence-corrected chi connectivity index (χ4v) is 3.99. The van der Waals surface area contributed by atoms with Gasteiger partial charge in [-0.1, -0.05) is 24.3 Å². The molecule has 1 amide bonds. The first-order valence-corrected chi connectivity index (χ1v) is 11.3. The van der Waals surface area contributed by atoms with E-state index in [9.17, 15) is 4.79 Å². The Morgan fingerprint density at radius 2 is 1.57 bits per heavy atom. The summed E-state index contributed by atoms with van der Waals surface area (Å²) in [7, 11) is 1.99. The molecule has 0 aliphatic rings. The first-order chi connectivity index (χ1) is 17.0. The van der Waals surface area contributed by atoms with Crippen LogP contribution in [0.15, 0.2) is 85.2 Å². The van der Waals surface area contributed by atoms with Gasteiger partial charge in [0.2, 0.25) is 5.91 Å². The van der Waals surface area contributed by atoms with Gasteiger partial charge in [-0.15, -0.1) is 0 Å². The molecule has 0 aliphatic carbocycles. The lowest BCUT2D eigenvalue weighted by Gasteiger charge is -2.11. The van der Waals surface area contributed by atoms with Gasteiger partial charge in [-0.3, -0.25) is 4.79 Å². The molecule has 0 bridgehead atoms. The Labute approximate surface area is 203 Å². The van der Waals surface area contributed by atoms with E-state index >= 15 is 0 Å². The molecule has 8 heteroatoms. The third-order valence-electron chi connectivity index (χ3n) is 5.53. The second-order valence-corrected chi connectivity index (χ2v) is 8.24. The molecule has 0 atom stereocenters. The number of carbonyl (C=O) groups is 1. The number of hydrogen-bond donors (Lipinski definition) is 3. The summed E-state index contributed by atoms with van der Waals surface area (Å²) in [6.45, 7) is 1.84. The summed E-state index contributed by atoms with van der Waals surface area (Å²) in [4.78, 5) is 25.8. The van der Waals surface area contributed by atoms with Gasteiger partial charge in [0, 0.05) is 47.8 Å². The van der Waals surface area contributed by atoms with E-state index in [1.54, 1.807) is 6.20 Å². The maximum atomic E-state index is 12.7. The van der Waals surface area contributed by atoms with Crippen LogP contribution in [0, 0.1) is 6.92 Å². The minimum atomic E-state index is -0.0567. The molecule has 3 aromatic heterocycles. The Morgan fingerprint density at radius 3 is 2.34 bits per heavy atom.